The van der Waals surface area contributed by atoms with Crippen molar-refractivity contribution in [2.75, 3.05) is 32.8 Å². The number of piperazine rings is 1. The lowest BCUT2D eigenvalue weighted by Crippen LogP contribution is -3.29. The van der Waals surface area contributed by atoms with Crippen LogP contribution in [0.3, 0.4) is 0 Å². The van der Waals surface area contributed by atoms with E-state index in [2.05, 4.69) is 30.1 Å². The maximum atomic E-state index is 13.1. The summed E-state index contributed by atoms with van der Waals surface area (Å²) in [5.74, 6) is 1.31. The van der Waals surface area contributed by atoms with Crippen LogP contribution in [0, 0.1) is 0 Å². The maximum absolute atomic E-state index is 13.1. The number of aromatic amines is 1. The zero-order valence-corrected chi connectivity index (χ0v) is 17.0. The Hall–Kier alpha value is -2.63. The summed E-state index contributed by atoms with van der Waals surface area (Å²) in [6, 6.07) is 14.7. The van der Waals surface area contributed by atoms with Gasteiger partial charge in [-0.05, 0) is 36.8 Å². The van der Waals surface area contributed by atoms with Crippen LogP contribution in [0.4, 0.5) is 0 Å². The summed E-state index contributed by atoms with van der Waals surface area (Å²) in [5.41, 5.74) is 4.61. The van der Waals surface area contributed by atoms with E-state index in [4.69, 9.17) is 4.74 Å². The number of hydrogen-bond acceptors (Lipinski definition) is 2. The van der Waals surface area contributed by atoms with Gasteiger partial charge in [0, 0.05) is 34.6 Å². The van der Waals surface area contributed by atoms with Gasteiger partial charge < -0.3 is 19.5 Å². The second kappa shape index (κ2) is 7.65. The number of fused-ring (bicyclic) bond motifs is 2. The van der Waals surface area contributed by atoms with E-state index in [1.54, 1.807) is 4.90 Å². The van der Waals surface area contributed by atoms with Crippen LogP contribution in [0.2, 0.25) is 0 Å². The van der Waals surface area contributed by atoms with E-state index in [0.29, 0.717) is 0 Å². The van der Waals surface area contributed by atoms with Gasteiger partial charge in [-0.25, -0.2) is 0 Å². The third-order valence-corrected chi connectivity index (χ3v) is 6.67. The van der Waals surface area contributed by atoms with E-state index in [9.17, 15) is 4.79 Å². The SMILES string of the molecule is C[C@H](C(=O)c1c[nH]c2ccccc12)[NH+]1CC[NH+](Cc2ccc3c(c2)CCO3)CC1. The first kappa shape index (κ1) is 18.4. The van der Waals surface area contributed by atoms with Crippen LogP contribution in [0.25, 0.3) is 10.9 Å². The number of benzene rings is 2. The fourth-order valence-corrected chi connectivity index (χ4v) is 4.87. The number of para-hydroxylation sites is 1. The molecule has 0 radical (unpaired) electrons. The van der Waals surface area contributed by atoms with Crippen molar-refractivity contribution in [1.29, 1.82) is 0 Å². The van der Waals surface area contributed by atoms with Gasteiger partial charge in [0.15, 0.2) is 0 Å². The summed E-state index contributed by atoms with van der Waals surface area (Å²) < 4.78 is 5.62. The zero-order chi connectivity index (χ0) is 19.8. The molecule has 0 unspecified atom stereocenters. The minimum absolute atomic E-state index is 0.00657. The van der Waals surface area contributed by atoms with Crippen molar-refractivity contribution in [2.24, 2.45) is 0 Å². The van der Waals surface area contributed by atoms with E-state index in [1.165, 1.54) is 16.0 Å². The monoisotopic (exact) mass is 391 g/mol. The molecule has 150 valence electrons. The Morgan fingerprint density at radius 1 is 1.14 bits per heavy atom. The largest absolute Gasteiger partial charge is 0.493 e. The molecule has 5 rings (SSSR count). The summed E-state index contributed by atoms with van der Waals surface area (Å²) >= 11 is 0. The van der Waals surface area contributed by atoms with Crippen LogP contribution in [0.15, 0.2) is 48.7 Å². The van der Waals surface area contributed by atoms with Crippen molar-refractivity contribution in [3.05, 3.63) is 65.4 Å². The number of carbonyl (C=O) groups is 1. The highest BCUT2D eigenvalue weighted by Crippen LogP contribution is 2.25. The molecule has 1 atom stereocenters. The average Bonchev–Trinajstić information content (AvgIpc) is 3.40. The first-order chi connectivity index (χ1) is 14.2. The number of ketones is 1. The molecular weight excluding hydrogens is 362 g/mol. The van der Waals surface area contributed by atoms with Crippen molar-refractivity contribution in [2.45, 2.75) is 25.9 Å². The number of nitrogens with one attached hydrogen (secondary N) is 3. The van der Waals surface area contributed by atoms with Crippen LogP contribution in [0.1, 0.15) is 28.4 Å². The van der Waals surface area contributed by atoms with Crippen molar-refractivity contribution in [3.63, 3.8) is 0 Å². The maximum Gasteiger partial charge on any atom is 0.221 e. The highest BCUT2D eigenvalue weighted by molar-refractivity contribution is 6.09. The van der Waals surface area contributed by atoms with Gasteiger partial charge in [0.1, 0.15) is 44.5 Å². The molecule has 1 saturated heterocycles. The van der Waals surface area contributed by atoms with E-state index in [-0.39, 0.29) is 11.8 Å². The lowest BCUT2D eigenvalue weighted by molar-refractivity contribution is -1.02. The number of ether oxygens (including phenoxy) is 1. The minimum Gasteiger partial charge on any atom is -0.493 e. The molecule has 1 aromatic heterocycles. The average molecular weight is 392 g/mol. The minimum atomic E-state index is -0.00657. The number of Topliss-reactive ketones (excluding diaryl/α,β-unsaturated/α-hetero) is 1. The molecule has 2 aliphatic heterocycles. The molecule has 3 aromatic rings. The van der Waals surface area contributed by atoms with E-state index in [0.717, 1.165) is 68.0 Å². The predicted octanol–water partition coefficient (Wildman–Crippen LogP) is 0.658. The van der Waals surface area contributed by atoms with Crippen LogP contribution >= 0.6 is 0 Å². The Kier molecular flexibility index (Phi) is 4.86. The molecule has 3 N–H and O–H groups in total. The number of aromatic nitrogens is 1. The first-order valence-electron chi connectivity index (χ1n) is 10.7. The molecule has 5 heteroatoms. The van der Waals surface area contributed by atoms with Crippen molar-refractivity contribution in [3.8, 4) is 5.75 Å². The van der Waals surface area contributed by atoms with Gasteiger partial charge in [-0.2, -0.15) is 0 Å². The fourth-order valence-electron chi connectivity index (χ4n) is 4.87. The van der Waals surface area contributed by atoms with Crippen molar-refractivity contribution in [1.82, 2.24) is 4.98 Å². The predicted molar refractivity (Wildman–Crippen MR) is 113 cm³/mol. The van der Waals surface area contributed by atoms with Gasteiger partial charge >= 0.3 is 0 Å². The fraction of sp³-hybridized carbons (Fsp3) is 0.375. The number of quaternary nitrogens is 2. The highest BCUT2D eigenvalue weighted by Gasteiger charge is 2.32. The zero-order valence-electron chi connectivity index (χ0n) is 17.0. The lowest BCUT2D eigenvalue weighted by Gasteiger charge is -2.32. The second-order valence-corrected chi connectivity index (χ2v) is 8.46. The summed E-state index contributed by atoms with van der Waals surface area (Å²) in [6.45, 7) is 8.26. The number of rotatable bonds is 5. The second-order valence-electron chi connectivity index (χ2n) is 8.46. The number of H-pyrrole nitrogens is 1. The Morgan fingerprint density at radius 3 is 2.83 bits per heavy atom. The van der Waals surface area contributed by atoms with Gasteiger partial charge in [0.2, 0.25) is 5.78 Å². The molecule has 0 saturated carbocycles. The molecular formula is C24H29N3O2+2. The number of hydrogen-bond donors (Lipinski definition) is 3. The smallest absolute Gasteiger partial charge is 0.221 e. The van der Waals surface area contributed by atoms with Crippen LogP contribution in [0.5, 0.6) is 5.75 Å². The lowest BCUT2D eigenvalue weighted by atomic mass is 10.0. The van der Waals surface area contributed by atoms with E-state index < -0.39 is 0 Å². The summed E-state index contributed by atoms with van der Waals surface area (Å²) in [5, 5.41) is 1.04. The highest BCUT2D eigenvalue weighted by atomic mass is 16.5. The summed E-state index contributed by atoms with van der Waals surface area (Å²) in [6.07, 6.45) is 2.91. The molecule has 3 heterocycles. The van der Waals surface area contributed by atoms with Gasteiger partial charge in [-0.1, -0.05) is 18.2 Å². The van der Waals surface area contributed by atoms with Crippen LogP contribution in [-0.2, 0) is 13.0 Å². The van der Waals surface area contributed by atoms with Gasteiger partial charge in [0.25, 0.3) is 0 Å². The van der Waals surface area contributed by atoms with Gasteiger partial charge in [0.05, 0.1) is 6.61 Å². The Balaban J connectivity index is 1.20. The normalized spacial score (nSPS) is 22.2. The summed E-state index contributed by atoms with van der Waals surface area (Å²) in [7, 11) is 0. The molecule has 0 bridgehead atoms. The molecule has 0 spiro atoms. The molecule has 1 fully saturated rings. The van der Waals surface area contributed by atoms with Crippen molar-refractivity contribution >= 4 is 16.7 Å². The standard InChI is InChI=1S/C24H27N3O2/c1-17(24(28)21-15-25-22-5-3-2-4-20(21)22)27-11-9-26(10-12-27)16-18-6-7-23-19(14-18)8-13-29-23/h2-7,14-15,17,25H,8-13,16H2,1H3/p+2/t17-/m1/s1. The van der Waals surface area contributed by atoms with Crippen LogP contribution in [-0.4, -0.2) is 49.6 Å². The third-order valence-electron chi connectivity index (χ3n) is 6.67. The Morgan fingerprint density at radius 2 is 1.97 bits per heavy atom. The van der Waals surface area contributed by atoms with E-state index in [1.807, 2.05) is 30.5 Å². The molecule has 2 aromatic carbocycles. The van der Waals surface area contributed by atoms with Crippen LogP contribution < -0.4 is 14.5 Å². The number of carbonyl (C=O) groups excluding carboxylic acids is 1. The molecule has 0 aliphatic carbocycles. The Labute approximate surface area is 171 Å². The topological polar surface area (TPSA) is 51.0 Å². The van der Waals surface area contributed by atoms with Crippen molar-refractivity contribution < 1.29 is 19.3 Å². The Bertz CT molecular complexity index is 1030. The summed E-state index contributed by atoms with van der Waals surface area (Å²) in [4.78, 5) is 19.4. The molecule has 2 aliphatic rings. The first-order valence-corrected chi connectivity index (χ1v) is 10.7. The molecule has 29 heavy (non-hydrogen) atoms. The third kappa shape index (κ3) is 3.56. The molecule has 0 amide bonds. The van der Waals surface area contributed by atoms with E-state index >= 15 is 0 Å². The quantitative estimate of drug-likeness (QED) is 0.560. The van der Waals surface area contributed by atoms with Gasteiger partial charge in [-0.15, -0.1) is 0 Å². The van der Waals surface area contributed by atoms with Gasteiger partial charge in [-0.3, -0.25) is 4.79 Å². The molecule has 5 nitrogen and oxygen atoms in total.